The minimum atomic E-state index is 0.0538. The lowest BCUT2D eigenvalue weighted by molar-refractivity contribution is 0.0781. The molecule has 1 unspecified atom stereocenters. The molecule has 0 aromatic carbocycles. The van der Waals surface area contributed by atoms with Crippen LogP contribution in [0, 0.1) is 5.92 Å². The minimum Gasteiger partial charge on any atom is -0.388 e. The summed E-state index contributed by atoms with van der Waals surface area (Å²) >= 11 is 0. The van der Waals surface area contributed by atoms with Crippen LogP contribution in [0.3, 0.4) is 0 Å². The second-order valence-electron chi connectivity index (χ2n) is 4.49. The molecule has 4 heteroatoms. The Morgan fingerprint density at radius 1 is 1.65 bits per heavy atom. The molecule has 0 aliphatic carbocycles. The van der Waals surface area contributed by atoms with E-state index in [0.717, 1.165) is 31.6 Å². The summed E-state index contributed by atoms with van der Waals surface area (Å²) in [5, 5.41) is 3.02. The minimum absolute atomic E-state index is 0.0538. The lowest BCUT2D eigenvalue weighted by Crippen LogP contribution is -2.29. The maximum Gasteiger partial charge on any atom is 0.272 e. The molecule has 1 aliphatic rings. The highest BCUT2D eigenvalue weighted by Gasteiger charge is 2.26. The summed E-state index contributed by atoms with van der Waals surface area (Å²) in [6, 6.07) is 3.66. The summed E-state index contributed by atoms with van der Waals surface area (Å²) in [4.78, 5) is 18.3. The van der Waals surface area contributed by atoms with Crippen LogP contribution in [0.5, 0.6) is 0 Å². The monoisotopic (exact) mass is 233 g/mol. The molecule has 2 heterocycles. The highest BCUT2D eigenvalue weighted by atomic mass is 16.2. The second kappa shape index (κ2) is 5.17. The average Bonchev–Trinajstić information content (AvgIpc) is 2.86. The molecule has 4 nitrogen and oxygen atoms in total. The zero-order chi connectivity index (χ0) is 12.3. The topological polar surface area (TPSA) is 45.2 Å². The number of aromatic nitrogens is 1. The molecule has 1 atom stereocenters. The van der Waals surface area contributed by atoms with Crippen molar-refractivity contribution < 1.29 is 4.79 Å². The number of carbonyl (C=O) groups excluding carboxylic acids is 1. The van der Waals surface area contributed by atoms with Crippen LogP contribution >= 0.6 is 0 Å². The van der Waals surface area contributed by atoms with E-state index in [9.17, 15) is 4.79 Å². The molecule has 1 amide bonds. The molecule has 1 N–H and O–H groups in total. The van der Waals surface area contributed by atoms with Crippen LogP contribution in [-0.2, 0) is 0 Å². The van der Waals surface area contributed by atoms with Crippen molar-refractivity contribution in [2.75, 3.05) is 25.5 Å². The van der Waals surface area contributed by atoms with Crippen molar-refractivity contribution in [2.45, 2.75) is 19.8 Å². The van der Waals surface area contributed by atoms with Gasteiger partial charge >= 0.3 is 0 Å². The molecule has 0 radical (unpaired) electrons. The van der Waals surface area contributed by atoms with Gasteiger partial charge in [-0.25, -0.2) is 0 Å². The van der Waals surface area contributed by atoms with Crippen molar-refractivity contribution in [2.24, 2.45) is 5.92 Å². The lowest BCUT2D eigenvalue weighted by atomic mass is 10.1. The fraction of sp³-hybridized carbons (Fsp3) is 0.538. The van der Waals surface area contributed by atoms with Gasteiger partial charge < -0.3 is 10.2 Å². The first kappa shape index (κ1) is 11.9. The molecule has 1 aromatic heterocycles. The Labute approximate surface area is 102 Å². The van der Waals surface area contributed by atoms with Crippen molar-refractivity contribution in [3.63, 3.8) is 0 Å². The molecule has 1 aromatic rings. The summed E-state index contributed by atoms with van der Waals surface area (Å²) in [6.07, 6.45) is 3.94. The number of hydrogen-bond acceptors (Lipinski definition) is 3. The molecule has 17 heavy (non-hydrogen) atoms. The van der Waals surface area contributed by atoms with E-state index in [1.165, 1.54) is 0 Å². The summed E-state index contributed by atoms with van der Waals surface area (Å²) in [5.74, 6) is 0.712. The predicted octanol–water partition coefficient (Wildman–Crippen LogP) is 2.00. The van der Waals surface area contributed by atoms with Gasteiger partial charge in [0.25, 0.3) is 5.91 Å². The largest absolute Gasteiger partial charge is 0.388 e. The highest BCUT2D eigenvalue weighted by Crippen LogP contribution is 2.21. The molecule has 1 aliphatic heterocycles. The van der Waals surface area contributed by atoms with Gasteiger partial charge in [-0.3, -0.25) is 9.78 Å². The van der Waals surface area contributed by atoms with Gasteiger partial charge in [0.2, 0.25) is 0 Å². The highest BCUT2D eigenvalue weighted by molar-refractivity contribution is 5.93. The molecule has 0 saturated carbocycles. The fourth-order valence-corrected chi connectivity index (χ4v) is 2.22. The third-order valence-electron chi connectivity index (χ3n) is 3.42. The van der Waals surface area contributed by atoms with Crippen LogP contribution < -0.4 is 5.32 Å². The summed E-state index contributed by atoms with van der Waals surface area (Å²) < 4.78 is 0. The van der Waals surface area contributed by atoms with Gasteiger partial charge in [0.15, 0.2) is 0 Å². The van der Waals surface area contributed by atoms with Crippen molar-refractivity contribution >= 4 is 11.6 Å². The van der Waals surface area contributed by atoms with E-state index in [1.54, 1.807) is 6.20 Å². The Bertz CT molecular complexity index is 405. The van der Waals surface area contributed by atoms with Gasteiger partial charge in [0.05, 0.1) is 0 Å². The number of likely N-dealkylation sites (tertiary alicyclic amines) is 1. The SMILES string of the molecule is CCC1CCN(C(=O)c2cc(NC)ccn2)C1. The number of amides is 1. The zero-order valence-electron chi connectivity index (χ0n) is 10.4. The van der Waals surface area contributed by atoms with Crippen molar-refractivity contribution in [1.29, 1.82) is 0 Å². The van der Waals surface area contributed by atoms with Crippen LogP contribution in [0.2, 0.25) is 0 Å². The van der Waals surface area contributed by atoms with Gasteiger partial charge in [-0.05, 0) is 24.5 Å². The third kappa shape index (κ3) is 2.57. The Hall–Kier alpha value is -1.58. The molecule has 0 spiro atoms. The van der Waals surface area contributed by atoms with E-state index in [4.69, 9.17) is 0 Å². The number of anilines is 1. The Morgan fingerprint density at radius 3 is 3.12 bits per heavy atom. The average molecular weight is 233 g/mol. The first-order valence-electron chi connectivity index (χ1n) is 6.17. The van der Waals surface area contributed by atoms with E-state index in [-0.39, 0.29) is 5.91 Å². The van der Waals surface area contributed by atoms with E-state index < -0.39 is 0 Å². The van der Waals surface area contributed by atoms with Crippen molar-refractivity contribution in [1.82, 2.24) is 9.88 Å². The molecule has 0 bridgehead atoms. The van der Waals surface area contributed by atoms with Crippen LogP contribution in [0.4, 0.5) is 5.69 Å². The molecule has 1 fully saturated rings. The van der Waals surface area contributed by atoms with E-state index >= 15 is 0 Å². The van der Waals surface area contributed by atoms with Crippen molar-refractivity contribution in [3.05, 3.63) is 24.0 Å². The van der Waals surface area contributed by atoms with Crippen LogP contribution in [-0.4, -0.2) is 35.9 Å². The smallest absolute Gasteiger partial charge is 0.272 e. The van der Waals surface area contributed by atoms with E-state index in [1.807, 2.05) is 24.1 Å². The number of pyridine rings is 1. The fourth-order valence-electron chi connectivity index (χ4n) is 2.22. The summed E-state index contributed by atoms with van der Waals surface area (Å²) in [6.45, 7) is 3.92. The quantitative estimate of drug-likeness (QED) is 0.868. The van der Waals surface area contributed by atoms with Gasteiger partial charge in [-0.2, -0.15) is 0 Å². The first-order chi connectivity index (χ1) is 8.24. The maximum absolute atomic E-state index is 12.2. The normalized spacial score (nSPS) is 19.4. The Kier molecular flexibility index (Phi) is 3.61. The van der Waals surface area contributed by atoms with Gasteiger partial charge in [0.1, 0.15) is 5.69 Å². The van der Waals surface area contributed by atoms with Gasteiger partial charge in [-0.15, -0.1) is 0 Å². The third-order valence-corrected chi connectivity index (χ3v) is 3.42. The number of nitrogens with one attached hydrogen (secondary N) is 1. The lowest BCUT2D eigenvalue weighted by Gasteiger charge is -2.16. The number of rotatable bonds is 3. The number of hydrogen-bond donors (Lipinski definition) is 1. The van der Waals surface area contributed by atoms with E-state index in [2.05, 4.69) is 17.2 Å². The van der Waals surface area contributed by atoms with Crippen LogP contribution in [0.15, 0.2) is 18.3 Å². The maximum atomic E-state index is 12.2. The van der Waals surface area contributed by atoms with Gasteiger partial charge in [0, 0.05) is 32.0 Å². The summed E-state index contributed by atoms with van der Waals surface area (Å²) in [7, 11) is 1.84. The molecular weight excluding hydrogens is 214 g/mol. The second-order valence-corrected chi connectivity index (χ2v) is 4.49. The predicted molar refractivity (Wildman–Crippen MR) is 68.1 cm³/mol. The van der Waals surface area contributed by atoms with Crippen LogP contribution in [0.25, 0.3) is 0 Å². The number of carbonyl (C=O) groups is 1. The summed E-state index contributed by atoms with van der Waals surface area (Å²) in [5.41, 5.74) is 1.46. The number of nitrogens with zero attached hydrogens (tertiary/aromatic N) is 2. The van der Waals surface area contributed by atoms with E-state index in [0.29, 0.717) is 11.6 Å². The van der Waals surface area contributed by atoms with Crippen LogP contribution in [0.1, 0.15) is 30.3 Å². The van der Waals surface area contributed by atoms with Gasteiger partial charge in [-0.1, -0.05) is 13.3 Å². The molecule has 2 rings (SSSR count). The standard InChI is InChI=1S/C13H19N3O/c1-3-10-5-7-16(9-10)13(17)12-8-11(14-2)4-6-15-12/h4,6,8,10H,3,5,7,9H2,1-2H3,(H,14,15). The molecule has 1 saturated heterocycles. The zero-order valence-corrected chi connectivity index (χ0v) is 10.4. The first-order valence-corrected chi connectivity index (χ1v) is 6.17. The molecule has 92 valence electrons. The Balaban J connectivity index is 2.09. The molecular formula is C13H19N3O. The van der Waals surface area contributed by atoms with Crippen molar-refractivity contribution in [3.8, 4) is 0 Å². The Morgan fingerprint density at radius 2 is 2.47 bits per heavy atom.